The first kappa shape index (κ1) is 20.1. The van der Waals surface area contributed by atoms with Crippen molar-refractivity contribution in [3.05, 3.63) is 16.1 Å². The van der Waals surface area contributed by atoms with E-state index in [1.165, 1.54) is 4.88 Å². The maximum Gasteiger partial charge on any atom is 0.194 e. The van der Waals surface area contributed by atoms with E-state index in [9.17, 15) is 0 Å². The molecule has 0 aromatic carbocycles. The highest BCUT2D eigenvalue weighted by molar-refractivity contribution is 7.11. The van der Waals surface area contributed by atoms with Gasteiger partial charge in [0.2, 0.25) is 0 Å². The van der Waals surface area contributed by atoms with Crippen LogP contribution in [0.15, 0.2) is 11.2 Å². The number of nitrogens with one attached hydrogen (secondary N) is 1. The Morgan fingerprint density at radius 1 is 1.36 bits per heavy atom. The molecule has 2 rings (SSSR count). The molecule has 142 valence electrons. The van der Waals surface area contributed by atoms with Crippen molar-refractivity contribution in [3.8, 4) is 0 Å². The van der Waals surface area contributed by atoms with E-state index in [1.54, 1.807) is 18.4 Å². The molecule has 1 aromatic heterocycles. The molecule has 0 amide bonds. The molecule has 6 nitrogen and oxygen atoms in total. The van der Waals surface area contributed by atoms with Gasteiger partial charge in [-0.15, -0.1) is 11.3 Å². The van der Waals surface area contributed by atoms with E-state index in [0.29, 0.717) is 12.6 Å². The molecule has 0 aliphatic carbocycles. The summed E-state index contributed by atoms with van der Waals surface area (Å²) < 4.78 is 11.0. The van der Waals surface area contributed by atoms with Crippen molar-refractivity contribution in [2.24, 2.45) is 4.99 Å². The highest BCUT2D eigenvalue weighted by Crippen LogP contribution is 2.16. The third-order valence-corrected chi connectivity index (χ3v) is 5.36. The van der Waals surface area contributed by atoms with Crippen LogP contribution in [-0.2, 0) is 22.4 Å². The van der Waals surface area contributed by atoms with E-state index in [2.05, 4.69) is 29.0 Å². The standard InChI is InChI=1S/C18H32N4O2S/c1-4-16-13-20-17(25-16)14-21-18(19-5-2)22-9-7-15(8-10-22)24-12-6-11-23-3/h13,15H,4-12,14H2,1-3H3,(H,19,21). The molecule has 1 N–H and O–H groups in total. The lowest BCUT2D eigenvalue weighted by molar-refractivity contribution is 0.00990. The fourth-order valence-electron chi connectivity index (χ4n) is 2.84. The molecular formula is C18H32N4O2S. The fourth-order valence-corrected chi connectivity index (χ4v) is 3.63. The first-order chi connectivity index (χ1) is 12.3. The second-order valence-electron chi connectivity index (χ2n) is 6.15. The summed E-state index contributed by atoms with van der Waals surface area (Å²) in [5, 5.41) is 4.50. The summed E-state index contributed by atoms with van der Waals surface area (Å²) in [4.78, 5) is 12.9. The molecule has 0 atom stereocenters. The predicted octanol–water partition coefficient (Wildman–Crippen LogP) is 2.69. The maximum absolute atomic E-state index is 5.94. The van der Waals surface area contributed by atoms with Gasteiger partial charge in [0.1, 0.15) is 5.01 Å². The van der Waals surface area contributed by atoms with Crippen LogP contribution in [0.25, 0.3) is 0 Å². The van der Waals surface area contributed by atoms with Crippen LogP contribution in [0.2, 0.25) is 0 Å². The molecule has 1 aromatic rings. The number of methoxy groups -OCH3 is 1. The Morgan fingerprint density at radius 2 is 2.16 bits per heavy atom. The van der Waals surface area contributed by atoms with Crippen molar-refractivity contribution in [2.75, 3.05) is 40.0 Å². The minimum atomic E-state index is 0.363. The molecule has 0 radical (unpaired) electrons. The van der Waals surface area contributed by atoms with E-state index in [-0.39, 0.29) is 0 Å². The van der Waals surface area contributed by atoms with Crippen molar-refractivity contribution >= 4 is 17.3 Å². The van der Waals surface area contributed by atoms with Crippen LogP contribution in [0, 0.1) is 0 Å². The largest absolute Gasteiger partial charge is 0.385 e. The Bertz CT molecular complexity index is 513. The van der Waals surface area contributed by atoms with E-state index in [0.717, 1.165) is 69.5 Å². The SMILES string of the molecule is CCNC(=NCc1ncc(CC)s1)N1CCC(OCCCOC)CC1. The lowest BCUT2D eigenvalue weighted by Gasteiger charge is -2.34. The van der Waals surface area contributed by atoms with Crippen LogP contribution < -0.4 is 5.32 Å². The number of nitrogens with zero attached hydrogens (tertiary/aromatic N) is 3. The monoisotopic (exact) mass is 368 g/mol. The molecule has 25 heavy (non-hydrogen) atoms. The second-order valence-corrected chi connectivity index (χ2v) is 7.35. The molecule has 1 aliphatic rings. The lowest BCUT2D eigenvalue weighted by Crippen LogP contribution is -2.47. The van der Waals surface area contributed by atoms with Crippen LogP contribution in [0.5, 0.6) is 0 Å². The van der Waals surface area contributed by atoms with E-state index < -0.39 is 0 Å². The van der Waals surface area contributed by atoms with Gasteiger partial charge in [0.15, 0.2) is 5.96 Å². The summed E-state index contributed by atoms with van der Waals surface area (Å²) in [6, 6.07) is 0. The number of aromatic nitrogens is 1. The molecule has 1 aliphatic heterocycles. The van der Waals surface area contributed by atoms with Crippen molar-refractivity contribution in [1.29, 1.82) is 0 Å². The highest BCUT2D eigenvalue weighted by Gasteiger charge is 2.21. The zero-order chi connectivity index (χ0) is 17.9. The number of aryl methyl sites for hydroxylation is 1. The van der Waals surface area contributed by atoms with Gasteiger partial charge in [-0.3, -0.25) is 0 Å². The number of guanidine groups is 1. The van der Waals surface area contributed by atoms with Gasteiger partial charge in [0.05, 0.1) is 12.6 Å². The zero-order valence-corrected chi connectivity index (χ0v) is 16.6. The summed E-state index contributed by atoms with van der Waals surface area (Å²) >= 11 is 1.76. The Morgan fingerprint density at radius 3 is 2.80 bits per heavy atom. The van der Waals surface area contributed by atoms with Crippen molar-refractivity contribution in [1.82, 2.24) is 15.2 Å². The first-order valence-electron chi connectivity index (χ1n) is 9.34. The second kappa shape index (κ2) is 11.4. The maximum atomic E-state index is 5.94. The zero-order valence-electron chi connectivity index (χ0n) is 15.8. The van der Waals surface area contributed by atoms with Crippen LogP contribution in [0.4, 0.5) is 0 Å². The van der Waals surface area contributed by atoms with Crippen molar-refractivity contribution in [3.63, 3.8) is 0 Å². The molecule has 0 spiro atoms. The number of piperidine rings is 1. The first-order valence-corrected chi connectivity index (χ1v) is 10.2. The van der Waals surface area contributed by atoms with E-state index in [4.69, 9.17) is 14.5 Å². The van der Waals surface area contributed by atoms with Crippen LogP contribution in [-0.4, -0.2) is 61.9 Å². The number of aliphatic imine (C=N–C) groups is 1. The molecule has 2 heterocycles. The molecule has 1 fully saturated rings. The quantitative estimate of drug-likeness (QED) is 0.413. The van der Waals surface area contributed by atoms with Crippen molar-refractivity contribution in [2.45, 2.75) is 52.2 Å². The third-order valence-electron chi connectivity index (χ3n) is 4.24. The highest BCUT2D eigenvalue weighted by atomic mass is 32.1. The summed E-state index contributed by atoms with van der Waals surface area (Å²) in [5.41, 5.74) is 0. The smallest absolute Gasteiger partial charge is 0.194 e. The third kappa shape index (κ3) is 6.92. The Kier molecular flexibility index (Phi) is 9.21. The Balaban J connectivity index is 1.81. The summed E-state index contributed by atoms with van der Waals surface area (Å²) in [6.45, 7) is 9.33. The number of thiazole rings is 1. The molecule has 0 bridgehead atoms. The van der Waals surface area contributed by atoms with Crippen molar-refractivity contribution < 1.29 is 9.47 Å². The average Bonchev–Trinajstić information content (AvgIpc) is 3.11. The fraction of sp³-hybridized carbons (Fsp3) is 0.778. The van der Waals surface area contributed by atoms with Gasteiger partial charge in [-0.05, 0) is 32.6 Å². The predicted molar refractivity (Wildman–Crippen MR) is 103 cm³/mol. The number of ether oxygens (including phenoxy) is 2. The van der Waals surface area contributed by atoms with Crippen LogP contribution in [0.3, 0.4) is 0 Å². The average molecular weight is 369 g/mol. The van der Waals surface area contributed by atoms with Crippen LogP contribution in [0.1, 0.15) is 43.0 Å². The van der Waals surface area contributed by atoms with E-state index >= 15 is 0 Å². The van der Waals surface area contributed by atoms with Crippen LogP contribution >= 0.6 is 11.3 Å². The van der Waals surface area contributed by atoms with E-state index in [1.807, 2.05) is 6.20 Å². The Labute approximate surface area is 155 Å². The Hall–Kier alpha value is -1.18. The van der Waals surface area contributed by atoms with Gasteiger partial charge in [0, 0.05) is 51.0 Å². The minimum absolute atomic E-state index is 0.363. The molecule has 0 unspecified atom stereocenters. The molecule has 0 saturated carbocycles. The van der Waals surface area contributed by atoms with Gasteiger partial charge in [-0.1, -0.05) is 6.92 Å². The van der Waals surface area contributed by atoms with Gasteiger partial charge < -0.3 is 19.7 Å². The lowest BCUT2D eigenvalue weighted by atomic mass is 10.1. The molecule has 7 heteroatoms. The number of hydrogen-bond donors (Lipinski definition) is 1. The van der Waals surface area contributed by atoms with Gasteiger partial charge in [-0.25, -0.2) is 9.98 Å². The molecular weight excluding hydrogens is 336 g/mol. The normalized spacial score (nSPS) is 16.4. The number of rotatable bonds is 9. The summed E-state index contributed by atoms with van der Waals surface area (Å²) in [6.07, 6.45) is 6.44. The van der Waals surface area contributed by atoms with Gasteiger partial charge >= 0.3 is 0 Å². The van der Waals surface area contributed by atoms with Gasteiger partial charge in [-0.2, -0.15) is 0 Å². The van der Waals surface area contributed by atoms with Gasteiger partial charge in [0.25, 0.3) is 0 Å². The minimum Gasteiger partial charge on any atom is -0.385 e. The molecule has 1 saturated heterocycles. The topological polar surface area (TPSA) is 59.0 Å². The summed E-state index contributed by atoms with van der Waals surface area (Å²) in [5.74, 6) is 0.994. The number of likely N-dealkylation sites (tertiary alicyclic amines) is 1. The number of hydrogen-bond acceptors (Lipinski definition) is 5. The summed E-state index contributed by atoms with van der Waals surface area (Å²) in [7, 11) is 1.73.